The fourth-order valence-electron chi connectivity index (χ4n) is 5.61. The summed E-state index contributed by atoms with van der Waals surface area (Å²) in [7, 11) is 0. The zero-order chi connectivity index (χ0) is 34.3. The normalized spacial score (nSPS) is 20.6. The van der Waals surface area contributed by atoms with Crippen LogP contribution in [0.4, 0.5) is 10.5 Å². The molecule has 2 heterocycles. The summed E-state index contributed by atoms with van der Waals surface area (Å²) in [6, 6.07) is 29.0. The zero-order valence-corrected chi connectivity index (χ0v) is 27.1. The van der Waals surface area contributed by atoms with E-state index in [1.807, 2.05) is 54.6 Å². The number of aliphatic hydroxyl groups is 1. The van der Waals surface area contributed by atoms with Gasteiger partial charge in [0.05, 0.1) is 36.5 Å². The number of carbonyl (C=O) groups is 4. The molecular formula is C37H34N2O9S. The molecule has 12 heteroatoms. The SMILES string of the molecule is O=C(NC1CC(=O)N(c2ccc([C@H]3O[C@@H](CSc4ccc(C(=O)O)cc4)C[C@@H](c4ccc(CO)cc4)O3)cc2)C1=O)OCc1ccccc1. The van der Waals surface area contributed by atoms with Crippen LogP contribution < -0.4 is 10.2 Å². The van der Waals surface area contributed by atoms with Crippen LogP contribution in [-0.2, 0) is 37.0 Å². The van der Waals surface area contributed by atoms with Crippen LogP contribution in [0, 0.1) is 0 Å². The second-order valence-electron chi connectivity index (χ2n) is 11.6. The van der Waals surface area contributed by atoms with E-state index < -0.39 is 36.2 Å². The number of nitrogens with one attached hydrogen (secondary N) is 1. The molecule has 2 fully saturated rings. The van der Waals surface area contributed by atoms with Crippen molar-refractivity contribution < 1.29 is 43.6 Å². The van der Waals surface area contributed by atoms with Gasteiger partial charge in [-0.25, -0.2) is 14.5 Å². The minimum Gasteiger partial charge on any atom is -0.478 e. The molecule has 1 unspecified atom stereocenters. The van der Waals surface area contributed by atoms with Gasteiger partial charge in [0.25, 0.3) is 5.91 Å². The highest BCUT2D eigenvalue weighted by Gasteiger charge is 2.41. The second-order valence-corrected chi connectivity index (χ2v) is 12.7. The quantitative estimate of drug-likeness (QED) is 0.131. The summed E-state index contributed by atoms with van der Waals surface area (Å²) in [4.78, 5) is 51.6. The lowest BCUT2D eigenvalue weighted by molar-refractivity contribution is -0.245. The number of rotatable bonds is 11. The van der Waals surface area contributed by atoms with Gasteiger partial charge in [-0.3, -0.25) is 9.59 Å². The average Bonchev–Trinajstić information content (AvgIpc) is 3.41. The molecule has 0 radical (unpaired) electrons. The number of ether oxygens (including phenoxy) is 3. The summed E-state index contributed by atoms with van der Waals surface area (Å²) in [6.07, 6.45) is -1.73. The Morgan fingerprint density at radius 3 is 2.22 bits per heavy atom. The maximum atomic E-state index is 13.2. The molecule has 11 nitrogen and oxygen atoms in total. The molecule has 2 saturated heterocycles. The van der Waals surface area contributed by atoms with Gasteiger partial charge in [0.1, 0.15) is 12.6 Å². The molecule has 0 aliphatic carbocycles. The third-order valence-electron chi connectivity index (χ3n) is 8.23. The number of thioether (sulfide) groups is 1. The molecule has 4 atom stereocenters. The largest absolute Gasteiger partial charge is 0.478 e. The Morgan fingerprint density at radius 1 is 0.857 bits per heavy atom. The fraction of sp³-hybridized carbons (Fsp3) is 0.243. The Morgan fingerprint density at radius 2 is 1.55 bits per heavy atom. The number of aliphatic hydroxyl groups excluding tert-OH is 1. The first-order chi connectivity index (χ1) is 23.8. The third-order valence-corrected chi connectivity index (χ3v) is 9.37. The topological polar surface area (TPSA) is 152 Å². The number of amides is 3. The van der Waals surface area contributed by atoms with E-state index in [4.69, 9.17) is 14.2 Å². The van der Waals surface area contributed by atoms with Crippen LogP contribution in [0.3, 0.4) is 0 Å². The number of aromatic carboxylic acids is 1. The van der Waals surface area contributed by atoms with E-state index in [2.05, 4.69) is 5.32 Å². The van der Waals surface area contributed by atoms with Gasteiger partial charge in [-0.15, -0.1) is 11.8 Å². The molecule has 0 bridgehead atoms. The molecule has 2 aliphatic heterocycles. The molecule has 0 spiro atoms. The first kappa shape index (κ1) is 33.9. The van der Waals surface area contributed by atoms with Crippen molar-refractivity contribution in [1.29, 1.82) is 0 Å². The lowest BCUT2D eigenvalue weighted by Crippen LogP contribution is -2.42. The maximum absolute atomic E-state index is 13.2. The monoisotopic (exact) mass is 682 g/mol. The van der Waals surface area contributed by atoms with Gasteiger partial charge in [-0.2, -0.15) is 0 Å². The van der Waals surface area contributed by atoms with E-state index in [1.165, 1.54) is 0 Å². The highest BCUT2D eigenvalue weighted by atomic mass is 32.2. The van der Waals surface area contributed by atoms with E-state index in [1.54, 1.807) is 60.3 Å². The molecule has 6 rings (SSSR count). The minimum absolute atomic E-state index is 0.0340. The fourth-order valence-corrected chi connectivity index (χ4v) is 6.53. The second kappa shape index (κ2) is 15.5. The molecule has 4 aromatic rings. The Balaban J connectivity index is 1.12. The molecule has 3 N–H and O–H groups in total. The van der Waals surface area contributed by atoms with Crippen molar-refractivity contribution >= 4 is 41.3 Å². The molecule has 252 valence electrons. The van der Waals surface area contributed by atoms with Crippen molar-refractivity contribution in [2.24, 2.45) is 0 Å². The van der Waals surface area contributed by atoms with Gasteiger partial charge < -0.3 is 29.7 Å². The van der Waals surface area contributed by atoms with Crippen LogP contribution in [-0.4, -0.2) is 52.0 Å². The Kier molecular flexibility index (Phi) is 10.7. The Bertz CT molecular complexity index is 1780. The summed E-state index contributed by atoms with van der Waals surface area (Å²) >= 11 is 1.55. The lowest BCUT2D eigenvalue weighted by atomic mass is 10.0. The van der Waals surface area contributed by atoms with Gasteiger partial charge in [0, 0.05) is 22.6 Å². The number of carboxylic acids is 1. The zero-order valence-electron chi connectivity index (χ0n) is 26.3. The van der Waals surface area contributed by atoms with Crippen molar-refractivity contribution in [3.8, 4) is 0 Å². The van der Waals surface area contributed by atoms with Crippen LogP contribution in [0.1, 0.15) is 57.8 Å². The average molecular weight is 683 g/mol. The van der Waals surface area contributed by atoms with E-state index >= 15 is 0 Å². The number of hydrogen-bond donors (Lipinski definition) is 3. The number of carboxylic acid groups (broad SMARTS) is 1. The van der Waals surface area contributed by atoms with Gasteiger partial charge in [0.15, 0.2) is 6.29 Å². The van der Waals surface area contributed by atoms with Crippen LogP contribution in [0.5, 0.6) is 0 Å². The van der Waals surface area contributed by atoms with Crippen molar-refractivity contribution in [3.05, 3.63) is 131 Å². The highest BCUT2D eigenvalue weighted by Crippen LogP contribution is 2.40. The van der Waals surface area contributed by atoms with Gasteiger partial charge in [-0.05, 0) is 53.1 Å². The van der Waals surface area contributed by atoms with E-state index in [0.717, 1.165) is 26.5 Å². The minimum atomic E-state index is -1.04. The molecule has 0 saturated carbocycles. The summed E-state index contributed by atoms with van der Waals surface area (Å²) in [5.41, 5.74) is 3.75. The molecular weight excluding hydrogens is 648 g/mol. The highest BCUT2D eigenvalue weighted by molar-refractivity contribution is 7.99. The summed E-state index contributed by atoms with van der Waals surface area (Å²) in [5, 5.41) is 21.2. The molecule has 49 heavy (non-hydrogen) atoms. The predicted molar refractivity (Wildman–Crippen MR) is 180 cm³/mol. The first-order valence-corrected chi connectivity index (χ1v) is 16.7. The van der Waals surface area contributed by atoms with E-state index in [-0.39, 0.29) is 37.4 Å². The van der Waals surface area contributed by atoms with E-state index in [9.17, 15) is 29.4 Å². The Labute approximate surface area is 286 Å². The van der Waals surface area contributed by atoms with Gasteiger partial charge >= 0.3 is 12.1 Å². The smallest absolute Gasteiger partial charge is 0.408 e. The standard InChI is InChI=1S/C37H34N2O9S/c40-20-23-6-8-25(9-7-23)32-18-29(22-49-30-16-12-26(13-17-30)35(43)44)47-36(48-32)27-10-14-28(15-11-27)39-33(41)19-31(34(39)42)38-37(45)46-21-24-4-2-1-3-5-24/h1-17,29,31-32,36,40H,18-22H2,(H,38,45)(H,43,44)/t29-,31?,32+,36+/m1/s1. The number of hydrogen-bond acceptors (Lipinski definition) is 9. The van der Waals surface area contributed by atoms with Crippen molar-refractivity contribution in [2.45, 2.75) is 55.5 Å². The Hall–Kier alpha value is -5.01. The molecule has 0 aromatic heterocycles. The van der Waals surface area contributed by atoms with Crippen LogP contribution in [0.25, 0.3) is 0 Å². The number of nitrogens with zero attached hydrogens (tertiary/aromatic N) is 1. The summed E-state index contributed by atoms with van der Waals surface area (Å²) < 4.78 is 18.0. The van der Waals surface area contributed by atoms with Gasteiger partial charge in [-0.1, -0.05) is 66.7 Å². The van der Waals surface area contributed by atoms with Crippen LogP contribution in [0.2, 0.25) is 0 Å². The molecule has 4 aromatic carbocycles. The van der Waals surface area contributed by atoms with Crippen molar-refractivity contribution in [2.75, 3.05) is 10.7 Å². The summed E-state index contributed by atoms with van der Waals surface area (Å²) in [5.74, 6) is -1.41. The third kappa shape index (κ3) is 8.35. The molecule has 2 aliphatic rings. The van der Waals surface area contributed by atoms with Crippen LogP contribution in [0.15, 0.2) is 108 Å². The lowest BCUT2D eigenvalue weighted by Gasteiger charge is -2.36. The maximum Gasteiger partial charge on any atom is 0.408 e. The predicted octanol–water partition coefficient (Wildman–Crippen LogP) is 5.77. The number of anilines is 1. The number of carbonyl (C=O) groups excluding carboxylic acids is 3. The number of benzene rings is 4. The van der Waals surface area contributed by atoms with Crippen LogP contribution >= 0.6 is 11.8 Å². The van der Waals surface area contributed by atoms with Gasteiger partial charge in [0.2, 0.25) is 5.91 Å². The molecule has 3 amide bonds. The number of alkyl carbamates (subject to hydrolysis) is 1. The first-order valence-electron chi connectivity index (χ1n) is 15.7. The van der Waals surface area contributed by atoms with Crippen molar-refractivity contribution in [3.63, 3.8) is 0 Å². The summed E-state index contributed by atoms with van der Waals surface area (Å²) in [6.45, 7) is -0.0345. The van der Waals surface area contributed by atoms with Crippen molar-refractivity contribution in [1.82, 2.24) is 5.32 Å². The number of imide groups is 1. The van der Waals surface area contributed by atoms with E-state index in [0.29, 0.717) is 23.4 Å².